The van der Waals surface area contributed by atoms with Gasteiger partial charge in [-0.2, -0.15) is 0 Å². The van der Waals surface area contributed by atoms with E-state index in [1.165, 1.54) is 15.8 Å². The quantitative estimate of drug-likeness (QED) is 0.717. The number of para-hydroxylation sites is 1. The smallest absolute Gasteiger partial charge is 0.0708 e. The number of pyridine rings is 1. The molecule has 1 aromatic carbocycles. The lowest BCUT2D eigenvalue weighted by Crippen LogP contribution is -2.19. The summed E-state index contributed by atoms with van der Waals surface area (Å²) >= 11 is 5.33. The third-order valence-electron chi connectivity index (χ3n) is 3.63. The van der Waals surface area contributed by atoms with Crippen LogP contribution < -0.4 is 5.32 Å². The molecule has 1 atom stereocenters. The summed E-state index contributed by atoms with van der Waals surface area (Å²) in [5.74, 6) is 0. The van der Waals surface area contributed by atoms with Crippen LogP contribution in [0, 0.1) is 6.92 Å². The Morgan fingerprint density at radius 2 is 2.10 bits per heavy atom. The summed E-state index contributed by atoms with van der Waals surface area (Å²) in [5.41, 5.74) is 3.46. The number of aryl methyl sites for hydroxylation is 1. The molecule has 2 heterocycles. The lowest BCUT2D eigenvalue weighted by atomic mass is 9.98. The van der Waals surface area contributed by atoms with Crippen LogP contribution in [-0.2, 0) is 6.42 Å². The Morgan fingerprint density at radius 3 is 2.81 bits per heavy atom. The van der Waals surface area contributed by atoms with Gasteiger partial charge in [0.25, 0.3) is 0 Å². The highest BCUT2D eigenvalue weighted by Gasteiger charge is 2.15. The number of aromatic nitrogens is 1. The van der Waals surface area contributed by atoms with Crippen molar-refractivity contribution in [2.45, 2.75) is 19.4 Å². The molecule has 2 nitrogen and oxygen atoms in total. The topological polar surface area (TPSA) is 24.9 Å². The second kappa shape index (κ2) is 6.26. The fraction of sp³-hybridized carbons (Fsp3) is 0.235. The van der Waals surface area contributed by atoms with E-state index in [4.69, 9.17) is 0 Å². The maximum absolute atomic E-state index is 4.63. The van der Waals surface area contributed by atoms with Gasteiger partial charge in [0.2, 0.25) is 0 Å². The molecule has 0 saturated carbocycles. The Balaban J connectivity index is 2.04. The van der Waals surface area contributed by atoms with Gasteiger partial charge in [0.05, 0.1) is 5.52 Å². The second-order valence-electron chi connectivity index (χ2n) is 5.15. The average molecular weight is 361 g/mol. The van der Waals surface area contributed by atoms with Crippen LogP contribution in [0.15, 0.2) is 46.3 Å². The molecule has 1 N–H and O–H groups in total. The molecule has 0 radical (unpaired) electrons. The van der Waals surface area contributed by atoms with E-state index in [2.05, 4.69) is 68.9 Å². The van der Waals surface area contributed by atoms with Crippen LogP contribution in [0.3, 0.4) is 0 Å². The van der Waals surface area contributed by atoms with Crippen LogP contribution in [0.2, 0.25) is 0 Å². The minimum atomic E-state index is 0.294. The zero-order valence-corrected chi connectivity index (χ0v) is 14.5. The number of thiophene rings is 1. The van der Waals surface area contributed by atoms with Gasteiger partial charge in [0.1, 0.15) is 0 Å². The van der Waals surface area contributed by atoms with E-state index in [1.54, 1.807) is 11.3 Å². The zero-order chi connectivity index (χ0) is 14.8. The van der Waals surface area contributed by atoms with Gasteiger partial charge in [0, 0.05) is 38.3 Å². The van der Waals surface area contributed by atoms with Crippen LogP contribution in [0.1, 0.15) is 22.2 Å². The van der Waals surface area contributed by atoms with E-state index in [-0.39, 0.29) is 0 Å². The van der Waals surface area contributed by atoms with E-state index in [9.17, 15) is 0 Å². The van der Waals surface area contributed by atoms with Gasteiger partial charge < -0.3 is 5.32 Å². The summed E-state index contributed by atoms with van der Waals surface area (Å²) in [4.78, 5) is 6.01. The number of hydrogen-bond donors (Lipinski definition) is 1. The van der Waals surface area contributed by atoms with Crippen LogP contribution in [0.5, 0.6) is 0 Å². The third kappa shape index (κ3) is 3.18. The number of halogens is 1. The van der Waals surface area contributed by atoms with Crippen molar-refractivity contribution >= 4 is 38.2 Å². The molecule has 3 rings (SSSR count). The fourth-order valence-corrected chi connectivity index (χ4v) is 4.16. The minimum absolute atomic E-state index is 0.294. The summed E-state index contributed by atoms with van der Waals surface area (Å²) in [6.45, 7) is 2.06. The maximum Gasteiger partial charge on any atom is 0.0708 e. The van der Waals surface area contributed by atoms with E-state index in [1.807, 2.05) is 13.1 Å². The molecule has 1 unspecified atom stereocenters. The van der Waals surface area contributed by atoms with Crippen LogP contribution in [-0.4, -0.2) is 12.0 Å². The molecular weight excluding hydrogens is 344 g/mol. The molecule has 108 valence electrons. The van der Waals surface area contributed by atoms with Crippen molar-refractivity contribution in [2.75, 3.05) is 7.05 Å². The fourth-order valence-electron chi connectivity index (χ4n) is 2.66. The van der Waals surface area contributed by atoms with E-state index in [0.717, 1.165) is 22.1 Å². The normalized spacial score (nSPS) is 12.7. The monoisotopic (exact) mass is 360 g/mol. The first kappa shape index (κ1) is 14.7. The molecule has 0 aliphatic heterocycles. The average Bonchev–Trinajstić information content (AvgIpc) is 2.89. The highest BCUT2D eigenvalue weighted by atomic mass is 79.9. The molecule has 4 heteroatoms. The van der Waals surface area contributed by atoms with Crippen molar-refractivity contribution in [1.29, 1.82) is 0 Å². The van der Waals surface area contributed by atoms with Gasteiger partial charge in [0.15, 0.2) is 0 Å². The minimum Gasteiger partial charge on any atom is -0.313 e. The first-order chi connectivity index (χ1) is 10.2. The Hall–Kier alpha value is -1.23. The van der Waals surface area contributed by atoms with E-state index in [0.29, 0.717) is 6.04 Å². The lowest BCUT2D eigenvalue weighted by molar-refractivity contribution is 0.600. The first-order valence-corrected chi connectivity index (χ1v) is 8.61. The molecule has 0 aliphatic rings. The molecule has 0 aliphatic carbocycles. The van der Waals surface area contributed by atoms with E-state index >= 15 is 0 Å². The molecule has 0 bridgehead atoms. The highest BCUT2D eigenvalue weighted by molar-refractivity contribution is 9.10. The van der Waals surface area contributed by atoms with Crippen molar-refractivity contribution in [1.82, 2.24) is 10.3 Å². The Kier molecular flexibility index (Phi) is 4.38. The number of rotatable bonds is 4. The highest BCUT2D eigenvalue weighted by Crippen LogP contribution is 2.29. The van der Waals surface area contributed by atoms with Gasteiger partial charge in [-0.3, -0.25) is 4.98 Å². The van der Waals surface area contributed by atoms with Crippen LogP contribution >= 0.6 is 27.3 Å². The molecule has 0 spiro atoms. The third-order valence-corrected chi connectivity index (χ3v) is 5.35. The summed E-state index contributed by atoms with van der Waals surface area (Å²) in [5, 5.41) is 6.83. The maximum atomic E-state index is 4.63. The Morgan fingerprint density at radius 1 is 1.29 bits per heavy atom. The van der Waals surface area contributed by atoms with Crippen molar-refractivity contribution < 1.29 is 0 Å². The first-order valence-electron chi connectivity index (χ1n) is 6.94. The summed E-state index contributed by atoms with van der Waals surface area (Å²) in [6.07, 6.45) is 0.986. The summed E-state index contributed by atoms with van der Waals surface area (Å²) in [6, 6.07) is 13.1. The molecule has 3 aromatic rings. The number of hydrogen-bond acceptors (Lipinski definition) is 3. The van der Waals surface area contributed by atoms with Crippen LogP contribution in [0.25, 0.3) is 10.9 Å². The van der Waals surface area contributed by atoms with Gasteiger partial charge in [-0.05, 0) is 53.7 Å². The number of fused-ring (bicyclic) bond motifs is 1. The summed E-state index contributed by atoms with van der Waals surface area (Å²) < 4.78 is 1.16. The Labute approximate surface area is 137 Å². The molecule has 2 aromatic heterocycles. The van der Waals surface area contributed by atoms with Crippen molar-refractivity contribution in [3.8, 4) is 0 Å². The predicted molar refractivity (Wildman–Crippen MR) is 94.0 cm³/mol. The summed E-state index contributed by atoms with van der Waals surface area (Å²) in [7, 11) is 2.03. The van der Waals surface area contributed by atoms with Gasteiger partial charge in [-0.1, -0.05) is 18.2 Å². The number of likely N-dealkylation sites (N-methyl/N-ethyl adjacent to an activating group) is 1. The molecular formula is C17H17BrN2S. The number of nitrogens with one attached hydrogen (secondary N) is 1. The lowest BCUT2D eigenvalue weighted by Gasteiger charge is -2.18. The molecule has 0 saturated heterocycles. The largest absolute Gasteiger partial charge is 0.313 e. The van der Waals surface area contributed by atoms with Crippen molar-refractivity contribution in [2.24, 2.45) is 0 Å². The second-order valence-corrected chi connectivity index (χ2v) is 7.06. The number of benzene rings is 1. The Bertz CT molecular complexity index is 766. The van der Waals surface area contributed by atoms with Crippen LogP contribution in [0.4, 0.5) is 0 Å². The SMILES string of the molecule is CNC(Cc1cc(Br)cs1)c1cc(C)nc2ccccc12. The van der Waals surface area contributed by atoms with Crippen molar-refractivity contribution in [3.63, 3.8) is 0 Å². The van der Waals surface area contributed by atoms with Gasteiger partial charge in [-0.15, -0.1) is 11.3 Å². The standard InChI is InChI=1S/C17H17BrN2S/c1-11-7-15(14-5-3-4-6-16(14)20-11)17(19-2)9-13-8-12(18)10-21-13/h3-8,10,17,19H,9H2,1-2H3. The molecule has 0 fully saturated rings. The predicted octanol–water partition coefficient (Wildman–Crippen LogP) is 4.87. The van der Waals surface area contributed by atoms with Crippen molar-refractivity contribution in [3.05, 3.63) is 62.4 Å². The zero-order valence-electron chi connectivity index (χ0n) is 12.1. The molecule has 0 amide bonds. The van der Waals surface area contributed by atoms with Gasteiger partial charge in [-0.25, -0.2) is 0 Å². The number of nitrogens with zero attached hydrogens (tertiary/aromatic N) is 1. The molecule has 21 heavy (non-hydrogen) atoms. The van der Waals surface area contributed by atoms with E-state index < -0.39 is 0 Å². The van der Waals surface area contributed by atoms with Gasteiger partial charge >= 0.3 is 0 Å².